The van der Waals surface area contributed by atoms with Crippen molar-refractivity contribution in [3.63, 3.8) is 0 Å². The van der Waals surface area contributed by atoms with E-state index in [2.05, 4.69) is 17.0 Å². The lowest BCUT2D eigenvalue weighted by Gasteiger charge is -2.10. The second kappa shape index (κ2) is 9.24. The van der Waals surface area contributed by atoms with Crippen LogP contribution in [0.15, 0.2) is 53.4 Å². The van der Waals surface area contributed by atoms with Gasteiger partial charge in [-0.3, -0.25) is 9.52 Å². The first-order valence-electron chi connectivity index (χ1n) is 8.60. The molecule has 0 unspecified atom stereocenters. The van der Waals surface area contributed by atoms with Crippen molar-refractivity contribution in [1.29, 1.82) is 0 Å². The Morgan fingerprint density at radius 1 is 1.00 bits per heavy atom. The number of carbonyl (C=O) groups is 1. The van der Waals surface area contributed by atoms with E-state index in [1.807, 2.05) is 6.92 Å². The van der Waals surface area contributed by atoms with Crippen LogP contribution in [0.2, 0.25) is 0 Å². The lowest BCUT2D eigenvalue weighted by Crippen LogP contribution is -2.24. The van der Waals surface area contributed by atoms with E-state index in [0.717, 1.165) is 12.8 Å². The van der Waals surface area contributed by atoms with Gasteiger partial charge in [0.25, 0.3) is 15.9 Å². The molecule has 7 heteroatoms. The predicted octanol–water partition coefficient (Wildman–Crippen LogP) is 3.42. The van der Waals surface area contributed by atoms with Crippen molar-refractivity contribution in [3.8, 4) is 5.75 Å². The van der Waals surface area contributed by atoms with E-state index in [1.165, 1.54) is 12.1 Å². The Morgan fingerprint density at radius 2 is 1.65 bits per heavy atom. The second-order valence-corrected chi connectivity index (χ2v) is 7.38. The van der Waals surface area contributed by atoms with Gasteiger partial charge < -0.3 is 10.1 Å². The number of nitrogens with one attached hydrogen (secondary N) is 2. The van der Waals surface area contributed by atoms with E-state index in [-0.39, 0.29) is 10.8 Å². The van der Waals surface area contributed by atoms with Crippen LogP contribution < -0.4 is 14.8 Å². The number of ether oxygens (including phenoxy) is 1. The first-order chi connectivity index (χ1) is 12.5. The highest BCUT2D eigenvalue weighted by atomic mass is 32.2. The number of hydrogen-bond acceptors (Lipinski definition) is 4. The normalized spacial score (nSPS) is 11.0. The average Bonchev–Trinajstić information content (AvgIpc) is 2.63. The maximum absolute atomic E-state index is 12.4. The number of amides is 1. The van der Waals surface area contributed by atoms with Crippen molar-refractivity contribution in [3.05, 3.63) is 54.1 Å². The van der Waals surface area contributed by atoms with Crippen molar-refractivity contribution < 1.29 is 17.9 Å². The Hall–Kier alpha value is -2.54. The molecule has 0 aliphatic heterocycles. The van der Waals surface area contributed by atoms with Crippen molar-refractivity contribution in [1.82, 2.24) is 5.32 Å². The van der Waals surface area contributed by atoms with Gasteiger partial charge in [0, 0.05) is 17.8 Å². The summed E-state index contributed by atoms with van der Waals surface area (Å²) in [6, 6.07) is 12.5. The SMILES string of the molecule is CCCCNC(=O)c1ccc(NS(=O)(=O)c2ccc(OCC)cc2)cc1. The maximum Gasteiger partial charge on any atom is 0.261 e. The molecule has 2 rings (SSSR count). The van der Waals surface area contributed by atoms with Gasteiger partial charge in [-0.2, -0.15) is 0 Å². The summed E-state index contributed by atoms with van der Waals surface area (Å²) in [5, 5.41) is 2.82. The number of sulfonamides is 1. The van der Waals surface area contributed by atoms with E-state index in [0.29, 0.717) is 30.2 Å². The Morgan fingerprint density at radius 3 is 2.23 bits per heavy atom. The molecule has 2 N–H and O–H groups in total. The first kappa shape index (κ1) is 19.8. The lowest BCUT2D eigenvalue weighted by atomic mass is 10.2. The van der Waals surface area contributed by atoms with Crippen LogP contribution in [-0.4, -0.2) is 27.5 Å². The zero-order valence-electron chi connectivity index (χ0n) is 15.0. The van der Waals surface area contributed by atoms with Crippen LogP contribution in [0, 0.1) is 0 Å². The smallest absolute Gasteiger partial charge is 0.261 e. The van der Waals surface area contributed by atoms with E-state index in [1.54, 1.807) is 36.4 Å². The molecule has 0 fully saturated rings. The molecule has 26 heavy (non-hydrogen) atoms. The van der Waals surface area contributed by atoms with E-state index in [4.69, 9.17) is 4.74 Å². The highest BCUT2D eigenvalue weighted by Crippen LogP contribution is 2.19. The van der Waals surface area contributed by atoms with Crippen molar-refractivity contribution in [2.75, 3.05) is 17.9 Å². The summed E-state index contributed by atoms with van der Waals surface area (Å²) < 4.78 is 32.7. The van der Waals surface area contributed by atoms with Gasteiger partial charge in [0.05, 0.1) is 11.5 Å². The van der Waals surface area contributed by atoms with Crippen LogP contribution in [0.5, 0.6) is 5.75 Å². The summed E-state index contributed by atoms with van der Waals surface area (Å²) in [7, 11) is -3.70. The Labute approximate surface area is 154 Å². The van der Waals surface area contributed by atoms with E-state index >= 15 is 0 Å². The molecule has 6 nitrogen and oxygen atoms in total. The lowest BCUT2D eigenvalue weighted by molar-refractivity contribution is 0.0953. The molecule has 0 spiro atoms. The average molecular weight is 376 g/mol. The topological polar surface area (TPSA) is 84.5 Å². The summed E-state index contributed by atoms with van der Waals surface area (Å²) >= 11 is 0. The van der Waals surface area contributed by atoms with Gasteiger partial charge in [-0.15, -0.1) is 0 Å². The summed E-state index contributed by atoms with van der Waals surface area (Å²) in [5.41, 5.74) is 0.883. The number of anilines is 1. The molecular formula is C19H24N2O4S. The predicted molar refractivity (Wildman–Crippen MR) is 102 cm³/mol. The van der Waals surface area contributed by atoms with Crippen LogP contribution in [-0.2, 0) is 10.0 Å². The number of carbonyl (C=O) groups excluding carboxylic acids is 1. The van der Waals surface area contributed by atoms with Crippen molar-refractivity contribution in [2.24, 2.45) is 0 Å². The molecular weight excluding hydrogens is 352 g/mol. The summed E-state index contributed by atoms with van der Waals surface area (Å²) in [4.78, 5) is 12.1. The van der Waals surface area contributed by atoms with E-state index in [9.17, 15) is 13.2 Å². The van der Waals surface area contributed by atoms with Gasteiger partial charge in [0.1, 0.15) is 5.75 Å². The second-order valence-electron chi connectivity index (χ2n) is 5.70. The number of unbranched alkanes of at least 4 members (excludes halogenated alkanes) is 1. The molecule has 1 amide bonds. The highest BCUT2D eigenvalue weighted by Gasteiger charge is 2.14. The minimum atomic E-state index is -3.70. The zero-order valence-corrected chi connectivity index (χ0v) is 15.8. The van der Waals surface area contributed by atoms with Gasteiger partial charge >= 0.3 is 0 Å². The van der Waals surface area contributed by atoms with Crippen LogP contribution in [0.1, 0.15) is 37.0 Å². The molecule has 140 valence electrons. The summed E-state index contributed by atoms with van der Waals surface area (Å²) in [6.45, 7) is 5.06. The fourth-order valence-electron chi connectivity index (χ4n) is 2.27. The zero-order chi connectivity index (χ0) is 19.0. The molecule has 0 radical (unpaired) electrons. The fourth-order valence-corrected chi connectivity index (χ4v) is 3.32. The third kappa shape index (κ3) is 5.49. The molecule has 0 saturated carbocycles. The molecule has 0 saturated heterocycles. The van der Waals surface area contributed by atoms with Crippen LogP contribution in [0.4, 0.5) is 5.69 Å². The number of rotatable bonds is 9. The Kier molecular flexibility index (Phi) is 7.03. The van der Waals surface area contributed by atoms with Crippen molar-refractivity contribution in [2.45, 2.75) is 31.6 Å². The van der Waals surface area contributed by atoms with Gasteiger partial charge in [-0.1, -0.05) is 13.3 Å². The Balaban J connectivity index is 2.03. The molecule has 2 aromatic rings. The standard InChI is InChI=1S/C19H24N2O4S/c1-3-5-14-20-19(22)15-6-8-16(9-7-15)21-26(23,24)18-12-10-17(11-13-18)25-4-2/h6-13,21H,3-5,14H2,1-2H3,(H,20,22). The summed E-state index contributed by atoms with van der Waals surface area (Å²) in [6.07, 6.45) is 1.93. The minimum absolute atomic E-state index is 0.141. The molecule has 0 aliphatic rings. The van der Waals surface area contributed by atoms with Crippen LogP contribution in [0.3, 0.4) is 0 Å². The number of hydrogen-bond donors (Lipinski definition) is 2. The van der Waals surface area contributed by atoms with Gasteiger partial charge in [0.15, 0.2) is 0 Å². The Bertz CT molecular complexity index is 816. The largest absolute Gasteiger partial charge is 0.494 e. The molecule has 0 aliphatic carbocycles. The van der Waals surface area contributed by atoms with E-state index < -0.39 is 10.0 Å². The first-order valence-corrected chi connectivity index (χ1v) is 10.1. The third-order valence-electron chi connectivity index (χ3n) is 3.66. The fraction of sp³-hybridized carbons (Fsp3) is 0.316. The van der Waals surface area contributed by atoms with Gasteiger partial charge in [0.2, 0.25) is 0 Å². The van der Waals surface area contributed by atoms with Gasteiger partial charge in [-0.25, -0.2) is 8.42 Å². The monoisotopic (exact) mass is 376 g/mol. The molecule has 2 aromatic carbocycles. The van der Waals surface area contributed by atoms with Crippen LogP contribution in [0.25, 0.3) is 0 Å². The highest BCUT2D eigenvalue weighted by molar-refractivity contribution is 7.92. The minimum Gasteiger partial charge on any atom is -0.494 e. The molecule has 0 atom stereocenters. The summed E-state index contributed by atoms with van der Waals surface area (Å²) in [5.74, 6) is 0.448. The quantitative estimate of drug-likeness (QED) is 0.657. The van der Waals surface area contributed by atoms with Crippen LogP contribution >= 0.6 is 0 Å². The maximum atomic E-state index is 12.4. The molecule has 0 heterocycles. The molecule has 0 aromatic heterocycles. The van der Waals surface area contributed by atoms with Gasteiger partial charge in [-0.05, 0) is 61.9 Å². The molecule has 0 bridgehead atoms. The van der Waals surface area contributed by atoms with Crippen molar-refractivity contribution >= 4 is 21.6 Å². The number of benzene rings is 2. The third-order valence-corrected chi connectivity index (χ3v) is 5.06.